The summed E-state index contributed by atoms with van der Waals surface area (Å²) in [6, 6.07) is 4.78. The highest BCUT2D eigenvalue weighted by Gasteiger charge is 2.15. The minimum atomic E-state index is -0.481. The number of nitrogens with zero attached hydrogens (tertiary/aromatic N) is 4. The maximum atomic E-state index is 11.1. The molecule has 23 heavy (non-hydrogen) atoms. The van der Waals surface area contributed by atoms with E-state index >= 15 is 0 Å². The number of nitrogens with two attached hydrogens (primary N) is 1. The lowest BCUT2D eigenvalue weighted by atomic mass is 10.2. The quantitative estimate of drug-likeness (QED) is 0.350. The maximum Gasteiger partial charge on any atom is 0.311 e. The summed E-state index contributed by atoms with van der Waals surface area (Å²) in [5.41, 5.74) is 9.05. The molecule has 2 aromatic rings. The number of nitro benzene ring substituents is 1. The number of hydrogen-bond donors (Lipinski definition) is 2. The van der Waals surface area contributed by atoms with Gasteiger partial charge in [0.1, 0.15) is 0 Å². The molecular formula is C13H14N6O3S. The molecule has 1 aromatic heterocycles. The van der Waals surface area contributed by atoms with Crippen molar-refractivity contribution in [2.24, 2.45) is 10.8 Å². The molecule has 0 aliphatic carbocycles. The van der Waals surface area contributed by atoms with E-state index in [0.29, 0.717) is 12.2 Å². The summed E-state index contributed by atoms with van der Waals surface area (Å²) >= 11 is 4.65. The molecule has 0 atom stereocenters. The van der Waals surface area contributed by atoms with Crippen molar-refractivity contribution in [1.82, 2.24) is 15.0 Å². The lowest BCUT2D eigenvalue weighted by Gasteiger charge is -2.07. The maximum absolute atomic E-state index is 11.1. The first-order chi connectivity index (χ1) is 11.0. The van der Waals surface area contributed by atoms with Crippen LogP contribution in [-0.4, -0.2) is 32.9 Å². The van der Waals surface area contributed by atoms with Crippen LogP contribution < -0.4 is 15.9 Å². The Hall–Kier alpha value is -3.01. The van der Waals surface area contributed by atoms with E-state index < -0.39 is 4.92 Å². The Bertz CT molecular complexity index is 758. The zero-order valence-electron chi connectivity index (χ0n) is 12.2. The topological polar surface area (TPSA) is 121 Å². The van der Waals surface area contributed by atoms with Crippen molar-refractivity contribution in [3.05, 3.63) is 52.1 Å². The number of rotatable bonds is 6. The fraction of sp³-hybridized carbons (Fsp3) is 0.154. The van der Waals surface area contributed by atoms with Crippen LogP contribution in [0.1, 0.15) is 11.3 Å². The Morgan fingerprint density at radius 1 is 1.65 bits per heavy atom. The van der Waals surface area contributed by atoms with Gasteiger partial charge < -0.3 is 15.0 Å². The zero-order valence-corrected chi connectivity index (χ0v) is 13.0. The molecule has 0 unspecified atom stereocenters. The molecule has 0 radical (unpaired) electrons. The van der Waals surface area contributed by atoms with E-state index in [1.807, 2.05) is 0 Å². The summed E-state index contributed by atoms with van der Waals surface area (Å²) in [4.78, 5) is 14.6. The van der Waals surface area contributed by atoms with E-state index in [9.17, 15) is 10.1 Å². The van der Waals surface area contributed by atoms with Crippen molar-refractivity contribution in [1.29, 1.82) is 0 Å². The number of thiocarbonyl (C=S) groups is 1. The highest BCUT2D eigenvalue weighted by atomic mass is 32.1. The Morgan fingerprint density at radius 3 is 3.09 bits per heavy atom. The molecule has 10 heteroatoms. The predicted octanol–water partition coefficient (Wildman–Crippen LogP) is 1.02. The van der Waals surface area contributed by atoms with Crippen molar-refractivity contribution >= 4 is 29.2 Å². The fourth-order valence-electron chi connectivity index (χ4n) is 1.91. The van der Waals surface area contributed by atoms with Crippen LogP contribution in [0, 0.1) is 10.1 Å². The number of aromatic nitrogens is 2. The molecule has 0 spiro atoms. The second-order valence-corrected chi connectivity index (χ2v) is 4.88. The van der Waals surface area contributed by atoms with Crippen LogP contribution >= 0.6 is 12.2 Å². The summed E-state index contributed by atoms with van der Waals surface area (Å²) in [6.45, 7) is 0.388. The lowest BCUT2D eigenvalue weighted by Crippen LogP contribution is -2.24. The average molecular weight is 334 g/mol. The van der Waals surface area contributed by atoms with Gasteiger partial charge in [0, 0.05) is 12.6 Å². The molecule has 1 heterocycles. The first-order valence-electron chi connectivity index (χ1n) is 6.41. The first kappa shape index (κ1) is 16.4. The number of hydrazone groups is 1. The van der Waals surface area contributed by atoms with Crippen LogP contribution in [0.2, 0.25) is 0 Å². The number of nitrogens with one attached hydrogen (secondary N) is 1. The zero-order chi connectivity index (χ0) is 16.8. The van der Waals surface area contributed by atoms with Crippen molar-refractivity contribution in [3.63, 3.8) is 0 Å². The molecule has 0 saturated carbocycles. The molecule has 1 aromatic carbocycles. The molecular weight excluding hydrogens is 320 g/mol. The predicted molar refractivity (Wildman–Crippen MR) is 88.5 cm³/mol. The van der Waals surface area contributed by atoms with Crippen LogP contribution in [0.5, 0.6) is 5.75 Å². The third-order valence-corrected chi connectivity index (χ3v) is 3.00. The van der Waals surface area contributed by atoms with Crippen LogP contribution in [0.3, 0.4) is 0 Å². The SMILES string of the molecule is COc1ccc(Cn2cncc2/C=N\NC(N)=S)cc1[N+](=O)[O-]. The van der Waals surface area contributed by atoms with E-state index in [1.165, 1.54) is 19.4 Å². The largest absolute Gasteiger partial charge is 0.490 e. The van der Waals surface area contributed by atoms with Crippen molar-refractivity contribution in [3.8, 4) is 5.75 Å². The average Bonchev–Trinajstić information content (AvgIpc) is 2.94. The molecule has 2 rings (SSSR count). The van der Waals surface area contributed by atoms with Gasteiger partial charge in [-0.1, -0.05) is 6.07 Å². The third-order valence-electron chi connectivity index (χ3n) is 2.91. The number of imidazole rings is 1. The second kappa shape index (κ2) is 7.31. The molecule has 0 aliphatic heterocycles. The smallest absolute Gasteiger partial charge is 0.311 e. The van der Waals surface area contributed by atoms with Crippen LogP contribution in [0.25, 0.3) is 0 Å². The standard InChI is InChI=1S/C13H14N6O3S/c1-22-12-3-2-9(4-11(12)19(20)21)7-18-8-15-5-10(18)6-16-17-13(14)23/h2-6,8H,7H2,1H3,(H3,14,17,23)/b16-6-. The molecule has 9 nitrogen and oxygen atoms in total. The number of ether oxygens (including phenoxy) is 1. The number of methoxy groups -OCH3 is 1. The van der Waals surface area contributed by atoms with Gasteiger partial charge in [-0.3, -0.25) is 15.5 Å². The summed E-state index contributed by atoms with van der Waals surface area (Å²) in [7, 11) is 1.39. The molecule has 0 amide bonds. The highest BCUT2D eigenvalue weighted by Crippen LogP contribution is 2.27. The molecule has 0 aliphatic rings. The van der Waals surface area contributed by atoms with E-state index in [0.717, 1.165) is 5.56 Å². The molecule has 0 saturated heterocycles. The van der Waals surface area contributed by atoms with Crippen LogP contribution in [0.15, 0.2) is 35.8 Å². The normalized spacial score (nSPS) is 10.7. The summed E-state index contributed by atoms with van der Waals surface area (Å²) < 4.78 is 6.76. The molecule has 0 bridgehead atoms. The lowest BCUT2D eigenvalue weighted by molar-refractivity contribution is -0.385. The minimum Gasteiger partial charge on any atom is -0.490 e. The number of benzene rings is 1. The van der Waals surface area contributed by atoms with Gasteiger partial charge in [0.05, 0.1) is 36.5 Å². The fourth-order valence-corrected chi connectivity index (χ4v) is 1.96. The monoisotopic (exact) mass is 334 g/mol. The van der Waals surface area contributed by atoms with Crippen molar-refractivity contribution in [2.45, 2.75) is 6.54 Å². The Morgan fingerprint density at radius 2 is 2.43 bits per heavy atom. The third kappa shape index (κ3) is 4.23. The van der Waals surface area contributed by atoms with Gasteiger partial charge in [-0.25, -0.2) is 4.98 Å². The van der Waals surface area contributed by atoms with E-state index in [4.69, 9.17) is 10.5 Å². The van der Waals surface area contributed by atoms with Gasteiger partial charge in [-0.15, -0.1) is 0 Å². The molecule has 3 N–H and O–H groups in total. The van der Waals surface area contributed by atoms with E-state index in [-0.39, 0.29) is 16.5 Å². The number of nitro groups is 1. The minimum absolute atomic E-state index is 0.0538. The first-order valence-corrected chi connectivity index (χ1v) is 6.82. The summed E-state index contributed by atoms with van der Waals surface area (Å²) in [6.07, 6.45) is 4.70. The Labute approximate surface area is 136 Å². The van der Waals surface area contributed by atoms with Gasteiger partial charge in [-0.05, 0) is 23.8 Å². The van der Waals surface area contributed by atoms with Gasteiger partial charge >= 0.3 is 5.69 Å². The van der Waals surface area contributed by atoms with Crippen LogP contribution in [-0.2, 0) is 6.54 Å². The van der Waals surface area contributed by atoms with E-state index in [1.54, 1.807) is 29.2 Å². The van der Waals surface area contributed by atoms with Gasteiger partial charge in [0.15, 0.2) is 10.9 Å². The van der Waals surface area contributed by atoms with Gasteiger partial charge in [0.2, 0.25) is 0 Å². The molecule has 0 fully saturated rings. The second-order valence-electron chi connectivity index (χ2n) is 4.44. The van der Waals surface area contributed by atoms with Gasteiger partial charge in [-0.2, -0.15) is 5.10 Å². The van der Waals surface area contributed by atoms with Crippen LogP contribution in [0.4, 0.5) is 5.69 Å². The summed E-state index contributed by atoms with van der Waals surface area (Å²) in [5.74, 6) is 0.215. The van der Waals surface area contributed by atoms with Gasteiger partial charge in [0.25, 0.3) is 0 Å². The van der Waals surface area contributed by atoms with Crippen molar-refractivity contribution < 1.29 is 9.66 Å². The molecule has 120 valence electrons. The van der Waals surface area contributed by atoms with E-state index in [2.05, 4.69) is 27.7 Å². The Balaban J connectivity index is 2.22. The number of hydrogen-bond acceptors (Lipinski definition) is 6. The Kier molecular flexibility index (Phi) is 5.20. The van der Waals surface area contributed by atoms with Crippen molar-refractivity contribution in [2.75, 3.05) is 7.11 Å². The summed E-state index contributed by atoms with van der Waals surface area (Å²) in [5, 5.41) is 15.0. The highest BCUT2D eigenvalue weighted by molar-refractivity contribution is 7.80.